The number of aromatic nitrogens is 2. The maximum atomic E-state index is 12.4. The molecule has 0 saturated heterocycles. The number of benzene rings is 2. The zero-order chi connectivity index (χ0) is 29.2. The van der Waals surface area contributed by atoms with Crippen LogP contribution in [0.2, 0.25) is 0 Å². The van der Waals surface area contributed by atoms with E-state index in [0.29, 0.717) is 30.2 Å². The zero-order valence-corrected chi connectivity index (χ0v) is 25.0. The molecule has 1 heterocycles. The van der Waals surface area contributed by atoms with E-state index in [0.717, 1.165) is 16.8 Å². The summed E-state index contributed by atoms with van der Waals surface area (Å²) in [5.74, 6) is 7.66. The van der Waals surface area contributed by atoms with Crippen LogP contribution in [0.25, 0.3) is 11.0 Å². The van der Waals surface area contributed by atoms with E-state index in [1.165, 1.54) is 0 Å². The number of rotatable bonds is 10. The summed E-state index contributed by atoms with van der Waals surface area (Å²) in [6, 6.07) is 15.2. The van der Waals surface area contributed by atoms with E-state index in [-0.39, 0.29) is 19.7 Å². The van der Waals surface area contributed by atoms with Crippen LogP contribution in [0.15, 0.2) is 48.5 Å². The van der Waals surface area contributed by atoms with Crippen LogP contribution in [-0.4, -0.2) is 65.0 Å². The topological polar surface area (TPSA) is 104 Å². The first-order valence-electron chi connectivity index (χ1n) is 13.0. The number of alkyl carbamates (subject to hydrolysis) is 2. The largest absolute Gasteiger partial charge is 0.445 e. The number of hydrogen-bond acceptors (Lipinski definition) is 6. The second-order valence-electron chi connectivity index (χ2n) is 11.0. The molecule has 1 aromatic heterocycles. The van der Waals surface area contributed by atoms with Crippen LogP contribution < -0.4 is 10.6 Å². The average molecular weight is 569 g/mol. The van der Waals surface area contributed by atoms with Crippen molar-refractivity contribution < 1.29 is 23.8 Å². The molecule has 0 aliphatic heterocycles. The van der Waals surface area contributed by atoms with Crippen molar-refractivity contribution in [1.29, 1.82) is 0 Å². The molecule has 0 saturated carbocycles. The van der Waals surface area contributed by atoms with E-state index in [4.69, 9.17) is 19.2 Å². The number of hydrogen-bond donors (Lipinski definition) is 2. The molecule has 0 unspecified atom stereocenters. The van der Waals surface area contributed by atoms with Gasteiger partial charge in [0, 0.05) is 5.75 Å². The fourth-order valence-electron chi connectivity index (χ4n) is 3.54. The minimum absolute atomic E-state index is 0.131. The molecule has 2 amide bonds. The summed E-state index contributed by atoms with van der Waals surface area (Å²) in [5, 5.41) is 5.43. The van der Waals surface area contributed by atoms with Gasteiger partial charge in [-0.15, -0.1) is 0 Å². The minimum Gasteiger partial charge on any atom is -0.445 e. The third kappa shape index (κ3) is 10.5. The fraction of sp³-hybridized carbons (Fsp3) is 0.433. The Hall–Kier alpha value is -3.68. The maximum Gasteiger partial charge on any atom is 0.408 e. The standard InChI is InChI=1S/C30H40N4O5S/c1-30(2,3)39-29(36)31-17-11-15-24-14-10-16-25-27(24)33-26(34(25)22-37-18-19-40(4,5)6)20-32-28(35)38-21-23-12-8-7-9-13-23/h7-10,12-14,16H,17-22H2,1-6H3,(H,31,36)(H,32,35). The molecule has 9 nitrogen and oxygen atoms in total. The van der Waals surface area contributed by atoms with Gasteiger partial charge in [-0.2, -0.15) is 0 Å². The highest BCUT2D eigenvalue weighted by Gasteiger charge is 2.16. The van der Waals surface area contributed by atoms with Crippen LogP contribution in [0.1, 0.15) is 37.7 Å². The molecule has 0 aliphatic carbocycles. The quantitative estimate of drug-likeness (QED) is 0.263. The molecule has 216 valence electrons. The molecule has 2 aromatic carbocycles. The Bertz CT molecular complexity index is 1350. The minimum atomic E-state index is -0.685. The van der Waals surface area contributed by atoms with E-state index < -0.39 is 27.8 Å². The Morgan fingerprint density at radius 1 is 1.00 bits per heavy atom. The number of carbonyl (C=O) groups is 2. The van der Waals surface area contributed by atoms with Crippen molar-refractivity contribution in [3.63, 3.8) is 0 Å². The molecule has 40 heavy (non-hydrogen) atoms. The SMILES string of the molecule is CC(C)(C)OC(=O)NCC#Cc1cccc2c1nc(CNC(=O)OCc1ccccc1)n2COCCS(C)(C)C. The van der Waals surface area contributed by atoms with Crippen molar-refractivity contribution in [2.45, 2.75) is 46.3 Å². The molecule has 3 rings (SSSR count). The molecule has 10 heteroatoms. The number of para-hydroxylation sites is 1. The second kappa shape index (κ2) is 14.1. The predicted molar refractivity (Wildman–Crippen MR) is 160 cm³/mol. The Morgan fingerprint density at radius 2 is 1.75 bits per heavy atom. The van der Waals surface area contributed by atoms with Crippen LogP contribution >= 0.6 is 10.0 Å². The number of imidazole rings is 1. The van der Waals surface area contributed by atoms with Crippen molar-refractivity contribution in [2.75, 3.05) is 37.7 Å². The lowest BCUT2D eigenvalue weighted by molar-refractivity contribution is 0.0535. The average Bonchev–Trinajstić information content (AvgIpc) is 3.24. The van der Waals surface area contributed by atoms with Crippen LogP contribution in [0.3, 0.4) is 0 Å². The smallest absolute Gasteiger partial charge is 0.408 e. The van der Waals surface area contributed by atoms with E-state index in [1.54, 1.807) is 20.8 Å². The van der Waals surface area contributed by atoms with Crippen LogP contribution in [0, 0.1) is 11.8 Å². The Balaban J connectivity index is 1.74. The molecule has 2 N–H and O–H groups in total. The van der Waals surface area contributed by atoms with Crippen LogP contribution in [-0.2, 0) is 34.1 Å². The summed E-state index contributed by atoms with van der Waals surface area (Å²) in [5.41, 5.74) is 2.55. The van der Waals surface area contributed by atoms with Gasteiger partial charge in [0.15, 0.2) is 0 Å². The maximum absolute atomic E-state index is 12.4. The summed E-state index contributed by atoms with van der Waals surface area (Å²) in [7, 11) is -0.685. The molecule has 0 spiro atoms. The highest BCUT2D eigenvalue weighted by molar-refractivity contribution is 8.32. The summed E-state index contributed by atoms with van der Waals surface area (Å²) in [6.45, 7) is 6.79. The number of ether oxygens (including phenoxy) is 3. The molecule has 0 fully saturated rings. The lowest BCUT2D eigenvalue weighted by Gasteiger charge is -2.24. The van der Waals surface area contributed by atoms with Crippen molar-refractivity contribution in [3.05, 3.63) is 65.5 Å². The normalized spacial score (nSPS) is 11.8. The second-order valence-corrected chi connectivity index (χ2v) is 15.6. The predicted octanol–water partition coefficient (Wildman–Crippen LogP) is 5.01. The third-order valence-electron chi connectivity index (χ3n) is 5.47. The van der Waals surface area contributed by atoms with Gasteiger partial charge >= 0.3 is 12.2 Å². The lowest BCUT2D eigenvalue weighted by Crippen LogP contribution is -2.32. The van der Waals surface area contributed by atoms with Gasteiger partial charge in [0.25, 0.3) is 0 Å². The monoisotopic (exact) mass is 568 g/mol. The lowest BCUT2D eigenvalue weighted by atomic mass is 10.2. The van der Waals surface area contributed by atoms with Crippen molar-refractivity contribution in [3.8, 4) is 11.8 Å². The Kier molecular flexibility index (Phi) is 10.9. The van der Waals surface area contributed by atoms with E-state index in [9.17, 15) is 9.59 Å². The highest BCUT2D eigenvalue weighted by Crippen LogP contribution is 2.33. The van der Waals surface area contributed by atoms with Gasteiger partial charge in [-0.25, -0.2) is 24.6 Å². The number of amides is 2. The summed E-state index contributed by atoms with van der Waals surface area (Å²) in [6.07, 6.45) is 5.70. The summed E-state index contributed by atoms with van der Waals surface area (Å²) in [4.78, 5) is 29.1. The number of carbonyl (C=O) groups excluding carboxylic acids is 2. The van der Waals surface area contributed by atoms with E-state index in [1.807, 2.05) is 53.1 Å². The molecule has 0 atom stereocenters. The van der Waals surface area contributed by atoms with Gasteiger partial charge < -0.3 is 29.4 Å². The Labute approximate surface area is 238 Å². The number of nitrogens with one attached hydrogen (secondary N) is 2. The first-order valence-corrected chi connectivity index (χ1v) is 16.1. The van der Waals surface area contributed by atoms with E-state index in [2.05, 4.69) is 41.2 Å². The highest BCUT2D eigenvalue weighted by atomic mass is 32.3. The van der Waals surface area contributed by atoms with Gasteiger partial charge in [0.05, 0.1) is 30.8 Å². The zero-order valence-electron chi connectivity index (χ0n) is 24.2. The Morgan fingerprint density at radius 3 is 2.45 bits per heavy atom. The summed E-state index contributed by atoms with van der Waals surface area (Å²) < 4.78 is 18.6. The van der Waals surface area contributed by atoms with Crippen LogP contribution in [0.4, 0.5) is 9.59 Å². The summed E-state index contributed by atoms with van der Waals surface area (Å²) >= 11 is 0. The first kappa shape index (κ1) is 30.9. The fourth-order valence-corrected chi connectivity index (χ4v) is 4.15. The first-order chi connectivity index (χ1) is 18.9. The van der Waals surface area contributed by atoms with Crippen molar-refractivity contribution in [2.24, 2.45) is 0 Å². The van der Waals surface area contributed by atoms with E-state index >= 15 is 0 Å². The van der Waals surface area contributed by atoms with Crippen molar-refractivity contribution in [1.82, 2.24) is 20.2 Å². The van der Waals surface area contributed by atoms with Crippen LogP contribution in [0.5, 0.6) is 0 Å². The van der Waals surface area contributed by atoms with Gasteiger partial charge in [-0.05, 0) is 57.2 Å². The molecule has 3 aromatic rings. The molecule has 0 aliphatic rings. The molecular weight excluding hydrogens is 528 g/mol. The van der Waals surface area contributed by atoms with Crippen molar-refractivity contribution >= 4 is 33.2 Å². The molecular formula is C30H40N4O5S. The molecule has 0 radical (unpaired) electrons. The number of nitrogens with zero attached hydrogens (tertiary/aromatic N) is 2. The number of fused-ring (bicyclic) bond motifs is 1. The van der Waals surface area contributed by atoms with Gasteiger partial charge in [-0.1, -0.05) is 48.2 Å². The molecule has 0 bridgehead atoms. The van der Waals surface area contributed by atoms with Gasteiger partial charge in [0.2, 0.25) is 0 Å². The third-order valence-corrected chi connectivity index (χ3v) is 6.86. The van der Waals surface area contributed by atoms with Gasteiger partial charge in [-0.3, -0.25) is 0 Å². The van der Waals surface area contributed by atoms with Gasteiger partial charge in [0.1, 0.15) is 30.3 Å².